The van der Waals surface area contributed by atoms with Crippen molar-refractivity contribution in [3.63, 3.8) is 0 Å². The molecule has 0 aliphatic heterocycles. The Kier molecular flexibility index (Phi) is 3.57. The van der Waals surface area contributed by atoms with E-state index in [1.54, 1.807) is 24.0 Å². The van der Waals surface area contributed by atoms with E-state index in [1.807, 2.05) is 6.07 Å². The second-order valence-corrected chi connectivity index (χ2v) is 5.93. The van der Waals surface area contributed by atoms with Crippen LogP contribution in [0.3, 0.4) is 0 Å². The van der Waals surface area contributed by atoms with Crippen LogP contribution >= 0.6 is 11.8 Å². The first-order valence-electron chi connectivity index (χ1n) is 4.55. The highest BCUT2D eigenvalue weighted by atomic mass is 32.2. The van der Waals surface area contributed by atoms with E-state index in [-0.39, 0.29) is 10.6 Å². The first-order chi connectivity index (χ1) is 6.92. The van der Waals surface area contributed by atoms with Gasteiger partial charge in [0.05, 0.1) is 5.03 Å². The molecule has 5 heteroatoms. The average molecular weight is 225 g/mol. The Hall–Kier alpha value is -1.23. The van der Waals surface area contributed by atoms with Crippen LogP contribution in [0.25, 0.3) is 0 Å². The number of rotatable bonds is 2. The van der Waals surface area contributed by atoms with Crippen molar-refractivity contribution in [3.8, 4) is 0 Å². The van der Waals surface area contributed by atoms with Crippen LogP contribution in [0, 0.1) is 0 Å². The van der Waals surface area contributed by atoms with Crippen molar-refractivity contribution < 1.29 is 5.21 Å². The van der Waals surface area contributed by atoms with Gasteiger partial charge in [-0.15, -0.1) is 11.8 Å². The van der Waals surface area contributed by atoms with Crippen molar-refractivity contribution in [3.05, 3.63) is 23.9 Å². The molecule has 0 unspecified atom stereocenters. The molecule has 0 aliphatic rings. The molecule has 15 heavy (non-hydrogen) atoms. The largest absolute Gasteiger partial charge is 0.409 e. The number of amidine groups is 1. The Balaban J connectivity index is 2.82. The summed E-state index contributed by atoms with van der Waals surface area (Å²) in [4.78, 5) is 4.22. The van der Waals surface area contributed by atoms with Crippen LogP contribution < -0.4 is 5.73 Å². The molecule has 1 heterocycles. The summed E-state index contributed by atoms with van der Waals surface area (Å²) in [6.45, 7) is 6.37. The second kappa shape index (κ2) is 4.53. The molecule has 0 bridgehead atoms. The molecule has 82 valence electrons. The van der Waals surface area contributed by atoms with Gasteiger partial charge >= 0.3 is 0 Å². The molecule has 0 fully saturated rings. The van der Waals surface area contributed by atoms with E-state index >= 15 is 0 Å². The zero-order valence-electron chi connectivity index (χ0n) is 9.06. The fourth-order valence-electron chi connectivity index (χ4n) is 0.964. The molecule has 3 N–H and O–H groups in total. The monoisotopic (exact) mass is 225 g/mol. The first-order valence-corrected chi connectivity index (χ1v) is 5.37. The molecule has 0 aliphatic carbocycles. The molecule has 0 saturated heterocycles. The fraction of sp³-hybridized carbons (Fsp3) is 0.400. The van der Waals surface area contributed by atoms with Crippen LogP contribution in [-0.4, -0.2) is 20.8 Å². The van der Waals surface area contributed by atoms with Crippen LogP contribution in [0.4, 0.5) is 0 Å². The Morgan fingerprint density at radius 2 is 2.13 bits per heavy atom. The molecule has 1 rings (SSSR count). The number of oxime groups is 1. The Morgan fingerprint density at radius 3 is 2.53 bits per heavy atom. The summed E-state index contributed by atoms with van der Waals surface area (Å²) in [5.74, 6) is 0.0785. The highest BCUT2D eigenvalue weighted by Gasteiger charge is 2.12. The normalized spacial score (nSPS) is 12.9. The number of aromatic nitrogens is 1. The summed E-state index contributed by atoms with van der Waals surface area (Å²) in [5.41, 5.74) is 6.05. The lowest BCUT2D eigenvalue weighted by Gasteiger charge is -2.16. The lowest BCUT2D eigenvalue weighted by molar-refractivity contribution is 0.318. The standard InChI is InChI=1S/C10H15N3OS/c1-10(2,3)15-8-5-4-7(6-12-8)9(11)13-14/h4-6,14H,1-3H3,(H2,11,13). The summed E-state index contributed by atoms with van der Waals surface area (Å²) < 4.78 is 0.130. The van der Waals surface area contributed by atoms with E-state index in [4.69, 9.17) is 10.9 Å². The van der Waals surface area contributed by atoms with E-state index < -0.39 is 0 Å². The zero-order chi connectivity index (χ0) is 11.5. The molecule has 4 nitrogen and oxygen atoms in total. The minimum absolute atomic E-state index is 0.0785. The fourth-order valence-corrected chi connectivity index (χ4v) is 1.83. The van der Waals surface area contributed by atoms with Crippen LogP contribution in [0.1, 0.15) is 26.3 Å². The number of nitrogens with zero attached hydrogens (tertiary/aromatic N) is 2. The maximum absolute atomic E-state index is 8.47. The van der Waals surface area contributed by atoms with Gasteiger partial charge in [-0.3, -0.25) is 0 Å². The molecule has 1 aromatic rings. The van der Waals surface area contributed by atoms with Crippen LogP contribution in [-0.2, 0) is 0 Å². The molecule has 1 aromatic heterocycles. The Labute approximate surface area is 93.6 Å². The van der Waals surface area contributed by atoms with Gasteiger partial charge in [-0.25, -0.2) is 4.98 Å². The average Bonchev–Trinajstić information content (AvgIpc) is 2.15. The van der Waals surface area contributed by atoms with Crippen LogP contribution in [0.5, 0.6) is 0 Å². The second-order valence-electron chi connectivity index (χ2n) is 4.08. The number of hydrogen-bond donors (Lipinski definition) is 2. The van der Waals surface area contributed by atoms with Crippen molar-refractivity contribution in [1.29, 1.82) is 0 Å². The summed E-state index contributed by atoms with van der Waals surface area (Å²) >= 11 is 1.67. The van der Waals surface area contributed by atoms with Crippen molar-refractivity contribution in [2.45, 2.75) is 30.5 Å². The Bertz CT molecular complexity index is 354. The predicted octanol–water partition coefficient (Wildman–Crippen LogP) is 2.07. The zero-order valence-corrected chi connectivity index (χ0v) is 9.88. The molecule has 0 aromatic carbocycles. The predicted molar refractivity (Wildman–Crippen MR) is 62.4 cm³/mol. The van der Waals surface area contributed by atoms with E-state index in [0.29, 0.717) is 5.56 Å². The van der Waals surface area contributed by atoms with E-state index in [9.17, 15) is 0 Å². The minimum atomic E-state index is 0.0785. The molecular weight excluding hydrogens is 210 g/mol. The molecule has 0 amide bonds. The smallest absolute Gasteiger partial charge is 0.171 e. The van der Waals surface area contributed by atoms with Gasteiger partial charge in [0.15, 0.2) is 5.84 Å². The van der Waals surface area contributed by atoms with Gasteiger partial charge in [-0.05, 0) is 12.1 Å². The lowest BCUT2D eigenvalue weighted by Crippen LogP contribution is -2.13. The molecule has 0 spiro atoms. The van der Waals surface area contributed by atoms with Gasteiger partial charge in [0.25, 0.3) is 0 Å². The number of hydrogen-bond acceptors (Lipinski definition) is 4. The topological polar surface area (TPSA) is 71.5 Å². The quantitative estimate of drug-likeness (QED) is 0.266. The van der Waals surface area contributed by atoms with Crippen LogP contribution in [0.15, 0.2) is 28.5 Å². The van der Waals surface area contributed by atoms with Gasteiger partial charge in [0.1, 0.15) is 0 Å². The third-order valence-electron chi connectivity index (χ3n) is 1.55. The number of nitrogens with two attached hydrogens (primary N) is 1. The SMILES string of the molecule is CC(C)(C)Sc1ccc(/C(N)=N/O)cn1. The molecule has 0 atom stereocenters. The third-order valence-corrected chi connectivity index (χ3v) is 2.61. The Morgan fingerprint density at radius 1 is 1.47 bits per heavy atom. The van der Waals surface area contributed by atoms with Gasteiger partial charge < -0.3 is 10.9 Å². The van der Waals surface area contributed by atoms with Crippen molar-refractivity contribution in [2.75, 3.05) is 0 Å². The van der Waals surface area contributed by atoms with Gasteiger partial charge in [0, 0.05) is 16.5 Å². The van der Waals surface area contributed by atoms with Gasteiger partial charge in [-0.1, -0.05) is 25.9 Å². The van der Waals surface area contributed by atoms with E-state index in [1.165, 1.54) is 0 Å². The van der Waals surface area contributed by atoms with Crippen molar-refractivity contribution in [2.24, 2.45) is 10.9 Å². The number of pyridine rings is 1. The third kappa shape index (κ3) is 3.79. The van der Waals surface area contributed by atoms with E-state index in [0.717, 1.165) is 5.03 Å². The summed E-state index contributed by atoms with van der Waals surface area (Å²) in [6.07, 6.45) is 1.60. The highest BCUT2D eigenvalue weighted by Crippen LogP contribution is 2.29. The van der Waals surface area contributed by atoms with E-state index in [2.05, 4.69) is 30.9 Å². The van der Waals surface area contributed by atoms with Crippen molar-refractivity contribution >= 4 is 17.6 Å². The van der Waals surface area contributed by atoms with Crippen LogP contribution in [0.2, 0.25) is 0 Å². The van der Waals surface area contributed by atoms with Gasteiger partial charge in [0.2, 0.25) is 0 Å². The minimum Gasteiger partial charge on any atom is -0.409 e. The lowest BCUT2D eigenvalue weighted by atomic mass is 10.3. The van der Waals surface area contributed by atoms with Crippen molar-refractivity contribution in [1.82, 2.24) is 4.98 Å². The summed E-state index contributed by atoms with van der Waals surface area (Å²) in [7, 11) is 0. The summed E-state index contributed by atoms with van der Waals surface area (Å²) in [5, 5.41) is 12.3. The highest BCUT2D eigenvalue weighted by molar-refractivity contribution is 8.00. The molecule has 0 saturated carbocycles. The maximum atomic E-state index is 8.47. The summed E-state index contributed by atoms with van der Waals surface area (Å²) in [6, 6.07) is 3.65. The number of thioether (sulfide) groups is 1. The first kappa shape index (κ1) is 11.8. The molecule has 0 radical (unpaired) electrons. The van der Waals surface area contributed by atoms with Gasteiger partial charge in [-0.2, -0.15) is 0 Å². The molecular formula is C10H15N3OS. The maximum Gasteiger partial charge on any atom is 0.171 e.